The first kappa shape index (κ1) is 17.9. The third-order valence-electron chi connectivity index (χ3n) is 3.43. The number of halogens is 1. The number of ether oxygens (including phenoxy) is 1. The van der Waals surface area contributed by atoms with Gasteiger partial charge in [0.1, 0.15) is 5.69 Å². The van der Waals surface area contributed by atoms with E-state index in [1.807, 2.05) is 13.1 Å². The van der Waals surface area contributed by atoms with E-state index < -0.39 is 0 Å². The zero-order valence-electron chi connectivity index (χ0n) is 12.7. The number of carbonyl (C=O) groups is 1. The minimum atomic E-state index is -0.0633. The molecule has 1 saturated heterocycles. The lowest BCUT2D eigenvalue weighted by molar-refractivity contribution is 0.0912. The fourth-order valence-corrected chi connectivity index (χ4v) is 2.34. The predicted octanol–water partition coefficient (Wildman–Crippen LogP) is 0.760. The first-order chi connectivity index (χ1) is 9.70. The van der Waals surface area contributed by atoms with Gasteiger partial charge < -0.3 is 15.4 Å². The fourth-order valence-electron chi connectivity index (χ4n) is 2.34. The summed E-state index contributed by atoms with van der Waals surface area (Å²) in [6.45, 7) is 5.93. The average molecular weight is 317 g/mol. The highest BCUT2D eigenvalue weighted by atomic mass is 35.5. The average Bonchev–Trinajstić information content (AvgIpc) is 2.65. The fraction of sp³-hybridized carbons (Fsp3) is 0.714. The molecular formula is C14H25ClN4O2. The molecule has 1 amide bonds. The quantitative estimate of drug-likeness (QED) is 0.841. The van der Waals surface area contributed by atoms with E-state index in [-0.39, 0.29) is 18.3 Å². The van der Waals surface area contributed by atoms with Crippen molar-refractivity contribution in [2.24, 2.45) is 13.0 Å². The van der Waals surface area contributed by atoms with E-state index in [0.717, 1.165) is 38.2 Å². The first-order valence-electron chi connectivity index (χ1n) is 7.30. The van der Waals surface area contributed by atoms with Crippen LogP contribution >= 0.6 is 12.4 Å². The molecule has 1 unspecified atom stereocenters. The van der Waals surface area contributed by atoms with Crippen LogP contribution in [0.15, 0.2) is 6.07 Å². The molecule has 120 valence electrons. The molecule has 1 aliphatic rings. The number of rotatable bonds is 5. The van der Waals surface area contributed by atoms with E-state index in [1.165, 1.54) is 0 Å². The molecule has 2 heterocycles. The molecule has 1 fully saturated rings. The van der Waals surface area contributed by atoms with E-state index in [0.29, 0.717) is 24.8 Å². The molecule has 21 heavy (non-hydrogen) atoms. The Morgan fingerprint density at radius 2 is 2.43 bits per heavy atom. The van der Waals surface area contributed by atoms with Crippen molar-refractivity contribution in [3.8, 4) is 0 Å². The van der Waals surface area contributed by atoms with Gasteiger partial charge in [-0.3, -0.25) is 9.48 Å². The largest absolute Gasteiger partial charge is 0.380 e. The summed E-state index contributed by atoms with van der Waals surface area (Å²) in [4.78, 5) is 12.2. The maximum absolute atomic E-state index is 12.2. The molecule has 0 aromatic carbocycles. The first-order valence-corrected chi connectivity index (χ1v) is 7.30. The van der Waals surface area contributed by atoms with E-state index in [2.05, 4.69) is 22.7 Å². The normalized spacial score (nSPS) is 18.7. The molecule has 6 nitrogen and oxygen atoms in total. The number of amides is 1. The zero-order chi connectivity index (χ0) is 14.4. The third kappa shape index (κ3) is 5.30. The summed E-state index contributed by atoms with van der Waals surface area (Å²) in [5, 5.41) is 10.6. The van der Waals surface area contributed by atoms with Crippen LogP contribution < -0.4 is 10.6 Å². The van der Waals surface area contributed by atoms with Gasteiger partial charge in [0.05, 0.1) is 18.9 Å². The molecule has 1 aromatic rings. The molecule has 0 radical (unpaired) electrons. The van der Waals surface area contributed by atoms with E-state index in [9.17, 15) is 4.79 Å². The molecule has 2 N–H and O–H groups in total. The Labute approximate surface area is 132 Å². The summed E-state index contributed by atoms with van der Waals surface area (Å²) in [6, 6.07) is 1.88. The Balaban J connectivity index is 0.00000220. The number of hydrogen-bond donors (Lipinski definition) is 2. The van der Waals surface area contributed by atoms with Gasteiger partial charge in [0.15, 0.2) is 0 Å². The molecule has 2 rings (SSSR count). The molecular weight excluding hydrogens is 292 g/mol. The lowest BCUT2D eigenvalue weighted by atomic mass is 10.1. The highest BCUT2D eigenvalue weighted by Crippen LogP contribution is 2.06. The van der Waals surface area contributed by atoms with Crippen LogP contribution in [0, 0.1) is 5.92 Å². The van der Waals surface area contributed by atoms with Crippen molar-refractivity contribution >= 4 is 18.3 Å². The molecule has 1 atom stereocenters. The van der Waals surface area contributed by atoms with Gasteiger partial charge in [-0.05, 0) is 12.5 Å². The van der Waals surface area contributed by atoms with Crippen LogP contribution in [0.3, 0.4) is 0 Å². The number of aryl methyl sites for hydroxylation is 2. The monoisotopic (exact) mass is 316 g/mol. The van der Waals surface area contributed by atoms with E-state index >= 15 is 0 Å². The minimum Gasteiger partial charge on any atom is -0.380 e. The molecule has 1 aliphatic heterocycles. The van der Waals surface area contributed by atoms with Gasteiger partial charge in [0.2, 0.25) is 0 Å². The summed E-state index contributed by atoms with van der Waals surface area (Å²) in [6.07, 6.45) is 1.94. The zero-order valence-corrected chi connectivity index (χ0v) is 13.5. The Morgan fingerprint density at radius 1 is 1.62 bits per heavy atom. The van der Waals surface area contributed by atoms with Crippen LogP contribution in [0.5, 0.6) is 0 Å². The maximum Gasteiger partial charge on any atom is 0.269 e. The summed E-state index contributed by atoms with van der Waals surface area (Å²) < 4.78 is 7.13. The number of carbonyl (C=O) groups excluding carboxylic acids is 1. The van der Waals surface area contributed by atoms with Crippen LogP contribution in [-0.2, 0) is 18.2 Å². The van der Waals surface area contributed by atoms with Crippen LogP contribution in [0.4, 0.5) is 0 Å². The molecule has 7 heteroatoms. The van der Waals surface area contributed by atoms with Crippen molar-refractivity contribution in [1.29, 1.82) is 0 Å². The molecule has 1 aromatic heterocycles. The Morgan fingerprint density at radius 3 is 3.19 bits per heavy atom. The Bertz CT molecular complexity index is 442. The lowest BCUT2D eigenvalue weighted by Crippen LogP contribution is -2.35. The van der Waals surface area contributed by atoms with Gasteiger partial charge in [0.25, 0.3) is 5.91 Å². The minimum absolute atomic E-state index is 0. The molecule has 0 spiro atoms. The van der Waals surface area contributed by atoms with Gasteiger partial charge in [-0.15, -0.1) is 12.4 Å². The van der Waals surface area contributed by atoms with Crippen LogP contribution in [0.25, 0.3) is 0 Å². The van der Waals surface area contributed by atoms with Gasteiger partial charge in [0, 0.05) is 32.6 Å². The number of nitrogens with zero attached hydrogens (tertiary/aromatic N) is 2. The number of aromatic nitrogens is 2. The van der Waals surface area contributed by atoms with Crippen molar-refractivity contribution in [2.75, 3.05) is 32.8 Å². The summed E-state index contributed by atoms with van der Waals surface area (Å²) >= 11 is 0. The van der Waals surface area contributed by atoms with Gasteiger partial charge in [-0.2, -0.15) is 5.10 Å². The topological polar surface area (TPSA) is 68.2 Å². The molecule has 0 aliphatic carbocycles. The van der Waals surface area contributed by atoms with Gasteiger partial charge >= 0.3 is 0 Å². The lowest BCUT2D eigenvalue weighted by Gasteiger charge is -2.14. The molecule has 0 bridgehead atoms. The van der Waals surface area contributed by atoms with Crippen LogP contribution in [0.2, 0.25) is 0 Å². The van der Waals surface area contributed by atoms with Crippen molar-refractivity contribution in [3.05, 3.63) is 17.5 Å². The van der Waals surface area contributed by atoms with Crippen LogP contribution in [-0.4, -0.2) is 48.5 Å². The summed E-state index contributed by atoms with van der Waals surface area (Å²) in [7, 11) is 1.81. The maximum atomic E-state index is 12.2. The third-order valence-corrected chi connectivity index (χ3v) is 3.43. The van der Waals surface area contributed by atoms with Crippen molar-refractivity contribution in [3.63, 3.8) is 0 Å². The second-order valence-corrected chi connectivity index (χ2v) is 5.25. The van der Waals surface area contributed by atoms with Gasteiger partial charge in [-0.25, -0.2) is 0 Å². The second kappa shape index (κ2) is 9.02. The number of hydrogen-bond acceptors (Lipinski definition) is 4. The predicted molar refractivity (Wildman–Crippen MR) is 84.0 cm³/mol. The highest BCUT2D eigenvalue weighted by molar-refractivity contribution is 5.92. The van der Waals surface area contributed by atoms with Crippen molar-refractivity contribution in [2.45, 2.75) is 19.8 Å². The Hall–Kier alpha value is -1.11. The Kier molecular flexibility index (Phi) is 7.71. The van der Waals surface area contributed by atoms with Crippen molar-refractivity contribution in [1.82, 2.24) is 20.4 Å². The summed E-state index contributed by atoms with van der Waals surface area (Å²) in [5.41, 5.74) is 1.59. The number of nitrogens with one attached hydrogen (secondary N) is 2. The van der Waals surface area contributed by atoms with Crippen LogP contribution in [0.1, 0.15) is 29.5 Å². The van der Waals surface area contributed by atoms with E-state index in [1.54, 1.807) is 4.68 Å². The molecule has 0 saturated carbocycles. The summed E-state index contributed by atoms with van der Waals surface area (Å²) in [5.74, 6) is 0.261. The van der Waals surface area contributed by atoms with Crippen molar-refractivity contribution < 1.29 is 9.53 Å². The van der Waals surface area contributed by atoms with E-state index in [4.69, 9.17) is 4.74 Å². The van der Waals surface area contributed by atoms with Gasteiger partial charge in [-0.1, -0.05) is 13.3 Å². The smallest absolute Gasteiger partial charge is 0.269 e. The standard InChI is InChI=1S/C14H24N4O2.ClH/c1-3-4-12-7-13(18(2)17-12)14(19)16-9-11-8-15-5-6-20-10-11;/h7,11,15H,3-6,8-10H2,1-2H3,(H,16,19);1H. The highest BCUT2D eigenvalue weighted by Gasteiger charge is 2.16. The second-order valence-electron chi connectivity index (χ2n) is 5.25. The SMILES string of the molecule is CCCc1cc(C(=O)NCC2CNCCOC2)n(C)n1.Cl.